The first-order valence-corrected chi connectivity index (χ1v) is 11.1. The molecular weight excluding hydrogens is 498 g/mol. The Hall–Kier alpha value is -3.38. The first-order chi connectivity index (χ1) is 15.5. The summed E-state index contributed by atoms with van der Waals surface area (Å²) in [6.07, 6.45) is 3.77. The lowest BCUT2D eigenvalue weighted by Gasteiger charge is -2.12. The largest absolute Gasteiger partial charge is 0.326 e. The number of aromatic amines is 1. The molecule has 0 bridgehead atoms. The number of pyridine rings is 1. The molecule has 1 aromatic carbocycles. The van der Waals surface area contributed by atoms with Gasteiger partial charge in [-0.3, -0.25) is 19.3 Å². The van der Waals surface area contributed by atoms with Gasteiger partial charge < -0.3 is 5.32 Å². The highest BCUT2D eigenvalue weighted by Gasteiger charge is 2.34. The number of hydrogen-bond donors (Lipinski definition) is 2. The summed E-state index contributed by atoms with van der Waals surface area (Å²) in [6, 6.07) is 10.6. The lowest BCUT2D eigenvalue weighted by Crippen LogP contribution is -2.29. The predicted octanol–water partition coefficient (Wildman–Crippen LogP) is 3.48. The minimum Gasteiger partial charge on any atom is -0.326 e. The standard InChI is InChI=1S/C20H16BrN7O3S/c21-16-8-3-12(11-22-16)10-15-19(30)28(20(31)32-15)9-1-2-17(29)23-14-6-4-13(5-7-14)18-24-26-27-25-18/h3-8,10-11H,1-2,9H2,(H,23,29)(H,24,25,26,27)/b15-10-. The summed E-state index contributed by atoms with van der Waals surface area (Å²) >= 11 is 4.14. The Labute approximate surface area is 195 Å². The Balaban J connectivity index is 1.27. The fraction of sp³-hybridized carbons (Fsp3) is 0.150. The van der Waals surface area contributed by atoms with Crippen LogP contribution in [0.4, 0.5) is 10.5 Å². The molecule has 2 aromatic heterocycles. The number of halogens is 1. The van der Waals surface area contributed by atoms with Crippen LogP contribution in [0.5, 0.6) is 0 Å². The number of rotatable bonds is 7. The molecule has 4 rings (SSSR count). The molecule has 12 heteroatoms. The second-order valence-corrected chi connectivity index (χ2v) is 8.52. The second-order valence-electron chi connectivity index (χ2n) is 6.71. The molecule has 0 unspecified atom stereocenters. The van der Waals surface area contributed by atoms with Gasteiger partial charge in [-0.25, -0.2) is 4.98 Å². The van der Waals surface area contributed by atoms with Gasteiger partial charge in [-0.1, -0.05) is 6.07 Å². The van der Waals surface area contributed by atoms with Gasteiger partial charge in [0.1, 0.15) is 4.60 Å². The zero-order valence-electron chi connectivity index (χ0n) is 16.5. The van der Waals surface area contributed by atoms with E-state index in [1.165, 1.54) is 0 Å². The Morgan fingerprint density at radius 1 is 1.19 bits per heavy atom. The second kappa shape index (κ2) is 9.83. The van der Waals surface area contributed by atoms with Crippen molar-refractivity contribution >= 4 is 56.5 Å². The van der Waals surface area contributed by atoms with Crippen LogP contribution in [0.15, 0.2) is 52.1 Å². The van der Waals surface area contributed by atoms with E-state index in [4.69, 9.17) is 0 Å². The van der Waals surface area contributed by atoms with Gasteiger partial charge >= 0.3 is 0 Å². The number of carbonyl (C=O) groups is 3. The van der Waals surface area contributed by atoms with Crippen molar-refractivity contribution < 1.29 is 14.4 Å². The third kappa shape index (κ3) is 5.26. The molecule has 0 spiro atoms. The van der Waals surface area contributed by atoms with E-state index < -0.39 is 0 Å². The lowest BCUT2D eigenvalue weighted by molar-refractivity contribution is -0.123. The Bertz CT molecular complexity index is 1160. The van der Waals surface area contributed by atoms with Crippen molar-refractivity contribution in [2.45, 2.75) is 12.8 Å². The van der Waals surface area contributed by atoms with Crippen LogP contribution in [0.3, 0.4) is 0 Å². The van der Waals surface area contributed by atoms with Crippen molar-refractivity contribution in [2.24, 2.45) is 0 Å². The van der Waals surface area contributed by atoms with Crippen molar-refractivity contribution in [1.82, 2.24) is 30.5 Å². The number of imide groups is 1. The average Bonchev–Trinajstić information content (AvgIpc) is 3.40. The van der Waals surface area contributed by atoms with Gasteiger partial charge in [0.25, 0.3) is 11.1 Å². The number of benzene rings is 1. The molecule has 1 saturated heterocycles. The van der Waals surface area contributed by atoms with Crippen LogP contribution in [0, 0.1) is 0 Å². The van der Waals surface area contributed by atoms with E-state index in [0.29, 0.717) is 27.4 Å². The summed E-state index contributed by atoms with van der Waals surface area (Å²) in [5, 5.41) is 16.1. The highest BCUT2D eigenvalue weighted by atomic mass is 79.9. The average molecular weight is 514 g/mol. The van der Waals surface area contributed by atoms with Crippen LogP contribution in [0.1, 0.15) is 18.4 Å². The normalized spacial score (nSPS) is 14.9. The quantitative estimate of drug-likeness (QED) is 0.362. The summed E-state index contributed by atoms with van der Waals surface area (Å²) in [5.74, 6) is -0.105. The van der Waals surface area contributed by atoms with Gasteiger partial charge in [0, 0.05) is 30.4 Å². The SMILES string of the molecule is O=C(CCCN1C(=O)S/C(=C\c2ccc(Br)nc2)C1=O)Nc1ccc(-c2nn[nH]n2)cc1. The molecule has 162 valence electrons. The number of carbonyl (C=O) groups excluding carboxylic acids is 3. The zero-order chi connectivity index (χ0) is 22.5. The molecule has 32 heavy (non-hydrogen) atoms. The van der Waals surface area contributed by atoms with Crippen molar-refractivity contribution in [3.8, 4) is 11.4 Å². The van der Waals surface area contributed by atoms with Gasteiger partial charge in [-0.05, 0) is 81.3 Å². The van der Waals surface area contributed by atoms with E-state index in [0.717, 1.165) is 27.8 Å². The zero-order valence-corrected chi connectivity index (χ0v) is 18.9. The fourth-order valence-electron chi connectivity index (χ4n) is 2.92. The van der Waals surface area contributed by atoms with Crippen molar-refractivity contribution in [3.63, 3.8) is 0 Å². The van der Waals surface area contributed by atoms with Gasteiger partial charge in [0.2, 0.25) is 11.7 Å². The van der Waals surface area contributed by atoms with Crippen LogP contribution in [0.25, 0.3) is 17.5 Å². The first kappa shape index (κ1) is 21.8. The fourth-order valence-corrected chi connectivity index (χ4v) is 4.02. The third-order valence-corrected chi connectivity index (χ3v) is 5.86. The van der Waals surface area contributed by atoms with Crippen LogP contribution in [0.2, 0.25) is 0 Å². The minimum atomic E-state index is -0.361. The van der Waals surface area contributed by atoms with Crippen molar-refractivity contribution in [3.05, 3.63) is 57.7 Å². The Kier molecular flexibility index (Phi) is 6.71. The summed E-state index contributed by atoms with van der Waals surface area (Å²) in [6.45, 7) is 0.171. The first-order valence-electron chi connectivity index (χ1n) is 9.50. The Morgan fingerprint density at radius 3 is 2.69 bits per heavy atom. The molecular formula is C20H16BrN7O3S. The van der Waals surface area contributed by atoms with Gasteiger partial charge in [-0.2, -0.15) is 5.21 Å². The van der Waals surface area contributed by atoms with Crippen LogP contribution in [-0.4, -0.2) is 54.1 Å². The molecule has 0 aliphatic carbocycles. The van der Waals surface area contributed by atoms with E-state index >= 15 is 0 Å². The molecule has 0 saturated carbocycles. The topological polar surface area (TPSA) is 134 Å². The van der Waals surface area contributed by atoms with Gasteiger partial charge in [0.05, 0.1) is 4.91 Å². The Morgan fingerprint density at radius 2 is 2.00 bits per heavy atom. The van der Waals surface area contributed by atoms with Gasteiger partial charge in [0.15, 0.2) is 0 Å². The number of hydrogen-bond acceptors (Lipinski definition) is 8. The highest BCUT2D eigenvalue weighted by Crippen LogP contribution is 2.32. The van der Waals surface area contributed by atoms with Crippen molar-refractivity contribution in [1.29, 1.82) is 0 Å². The van der Waals surface area contributed by atoms with Gasteiger partial charge in [-0.15, -0.1) is 10.2 Å². The molecule has 3 aromatic rings. The maximum atomic E-state index is 12.6. The molecule has 1 fully saturated rings. The van der Waals surface area contributed by atoms with E-state index in [-0.39, 0.29) is 30.0 Å². The number of aromatic nitrogens is 5. The third-order valence-electron chi connectivity index (χ3n) is 4.48. The van der Waals surface area contributed by atoms with Crippen LogP contribution < -0.4 is 5.32 Å². The van der Waals surface area contributed by atoms with Crippen molar-refractivity contribution in [2.75, 3.05) is 11.9 Å². The lowest BCUT2D eigenvalue weighted by atomic mass is 10.2. The number of anilines is 1. The number of amides is 3. The number of tetrazole rings is 1. The number of nitrogens with zero attached hydrogens (tertiary/aromatic N) is 5. The van der Waals surface area contributed by atoms with E-state index in [2.05, 4.69) is 46.9 Å². The number of nitrogens with one attached hydrogen (secondary N) is 2. The molecule has 0 atom stereocenters. The molecule has 2 N–H and O–H groups in total. The maximum absolute atomic E-state index is 12.6. The molecule has 1 aliphatic rings. The van der Waals surface area contributed by atoms with Crippen LogP contribution in [-0.2, 0) is 9.59 Å². The molecule has 10 nitrogen and oxygen atoms in total. The minimum absolute atomic E-state index is 0.171. The maximum Gasteiger partial charge on any atom is 0.293 e. The molecule has 3 heterocycles. The molecule has 1 aliphatic heterocycles. The molecule has 3 amide bonds. The summed E-state index contributed by atoms with van der Waals surface area (Å²) in [7, 11) is 0. The number of H-pyrrole nitrogens is 1. The van der Waals surface area contributed by atoms with E-state index in [9.17, 15) is 14.4 Å². The predicted molar refractivity (Wildman–Crippen MR) is 122 cm³/mol. The number of thioether (sulfide) groups is 1. The van der Waals surface area contributed by atoms with E-state index in [1.807, 2.05) is 0 Å². The smallest absolute Gasteiger partial charge is 0.293 e. The monoisotopic (exact) mass is 513 g/mol. The highest BCUT2D eigenvalue weighted by molar-refractivity contribution is 9.10. The van der Waals surface area contributed by atoms with Crippen LogP contribution >= 0.6 is 27.7 Å². The molecule has 0 radical (unpaired) electrons. The summed E-state index contributed by atoms with van der Waals surface area (Å²) in [5.41, 5.74) is 2.12. The summed E-state index contributed by atoms with van der Waals surface area (Å²) in [4.78, 5) is 42.6. The van der Waals surface area contributed by atoms with E-state index in [1.54, 1.807) is 48.7 Å². The summed E-state index contributed by atoms with van der Waals surface area (Å²) < 4.78 is 0.684.